The summed E-state index contributed by atoms with van der Waals surface area (Å²) in [6, 6.07) is 8.83. The predicted octanol–water partition coefficient (Wildman–Crippen LogP) is 3.35. The zero-order chi connectivity index (χ0) is 11.4. The summed E-state index contributed by atoms with van der Waals surface area (Å²) in [5, 5.41) is 3.58. The van der Waals surface area contributed by atoms with Gasteiger partial charge in [-0.2, -0.15) is 0 Å². The molecular weight excluding hydrogens is 194 g/mol. The highest BCUT2D eigenvalue weighted by Crippen LogP contribution is 2.33. The number of nitrogens with one attached hydrogen (secondary N) is 1. The first-order valence-corrected chi connectivity index (χ1v) is 6.56. The summed E-state index contributed by atoms with van der Waals surface area (Å²) < 4.78 is 0. The summed E-state index contributed by atoms with van der Waals surface area (Å²) in [7, 11) is 0. The third-order valence-electron chi connectivity index (χ3n) is 3.49. The van der Waals surface area contributed by atoms with Crippen molar-refractivity contribution in [3.8, 4) is 0 Å². The monoisotopic (exact) mass is 217 g/mol. The van der Waals surface area contributed by atoms with Gasteiger partial charge >= 0.3 is 0 Å². The van der Waals surface area contributed by atoms with E-state index < -0.39 is 0 Å². The number of hydrogen-bond acceptors (Lipinski definition) is 1. The molecule has 0 aliphatic heterocycles. The van der Waals surface area contributed by atoms with Gasteiger partial charge in [-0.15, -0.1) is 0 Å². The van der Waals surface area contributed by atoms with Crippen LogP contribution in [0.3, 0.4) is 0 Å². The average Bonchev–Trinajstić information content (AvgIpc) is 2.23. The van der Waals surface area contributed by atoms with Crippen LogP contribution in [0.5, 0.6) is 0 Å². The predicted molar refractivity (Wildman–Crippen MR) is 69.8 cm³/mol. The fourth-order valence-corrected chi connectivity index (χ4v) is 2.46. The molecule has 0 radical (unpaired) electrons. The number of hydrogen-bond donors (Lipinski definition) is 1. The second-order valence-electron chi connectivity index (χ2n) is 5.34. The Labute approximate surface area is 99.3 Å². The molecule has 0 heterocycles. The lowest BCUT2D eigenvalue weighted by Gasteiger charge is -2.30. The maximum absolute atomic E-state index is 3.58. The van der Waals surface area contributed by atoms with Gasteiger partial charge in [-0.3, -0.25) is 0 Å². The second kappa shape index (κ2) is 5.49. The lowest BCUT2D eigenvalue weighted by Crippen LogP contribution is -2.29. The molecule has 0 bridgehead atoms. The fraction of sp³-hybridized carbons (Fsp3) is 0.600. The molecule has 1 nitrogen and oxygen atoms in total. The Morgan fingerprint density at radius 3 is 2.88 bits per heavy atom. The summed E-state index contributed by atoms with van der Waals surface area (Å²) in [5.74, 6) is 1.61. The van der Waals surface area contributed by atoms with Gasteiger partial charge in [0.25, 0.3) is 0 Å². The molecule has 0 fully saturated rings. The van der Waals surface area contributed by atoms with Crippen molar-refractivity contribution in [2.45, 2.75) is 39.0 Å². The molecule has 0 saturated heterocycles. The molecule has 2 rings (SSSR count). The van der Waals surface area contributed by atoms with Gasteiger partial charge in [0, 0.05) is 12.5 Å². The Morgan fingerprint density at radius 2 is 2.12 bits per heavy atom. The second-order valence-corrected chi connectivity index (χ2v) is 5.34. The standard InChI is InChI=1S/C15H23N/c1-12(2)6-5-9-16-11-14-10-13-7-3-4-8-15(13)14/h3-4,7-8,12,14,16H,5-6,9-11H2,1-2H3. The Kier molecular flexibility index (Phi) is 4.00. The van der Waals surface area contributed by atoms with Crippen molar-refractivity contribution in [2.24, 2.45) is 5.92 Å². The summed E-state index contributed by atoms with van der Waals surface area (Å²) >= 11 is 0. The summed E-state index contributed by atoms with van der Waals surface area (Å²) in [5.41, 5.74) is 3.12. The topological polar surface area (TPSA) is 12.0 Å². The molecule has 1 atom stereocenters. The molecule has 16 heavy (non-hydrogen) atoms. The van der Waals surface area contributed by atoms with Crippen molar-refractivity contribution >= 4 is 0 Å². The Hall–Kier alpha value is -0.820. The lowest BCUT2D eigenvalue weighted by molar-refractivity contribution is 0.493. The van der Waals surface area contributed by atoms with Gasteiger partial charge in [-0.25, -0.2) is 0 Å². The SMILES string of the molecule is CC(C)CCCNCC1Cc2ccccc21. The van der Waals surface area contributed by atoms with Gasteiger partial charge in [0.1, 0.15) is 0 Å². The van der Waals surface area contributed by atoms with Crippen LogP contribution >= 0.6 is 0 Å². The van der Waals surface area contributed by atoms with Crippen LogP contribution in [0.1, 0.15) is 43.7 Å². The van der Waals surface area contributed by atoms with Crippen LogP contribution in [0, 0.1) is 5.92 Å². The van der Waals surface area contributed by atoms with Crippen LogP contribution in [0.25, 0.3) is 0 Å². The summed E-state index contributed by atoms with van der Waals surface area (Å²) in [4.78, 5) is 0. The smallest absolute Gasteiger partial charge is 0.00234 e. The van der Waals surface area contributed by atoms with Gasteiger partial charge in [0.2, 0.25) is 0 Å². The highest BCUT2D eigenvalue weighted by atomic mass is 14.9. The van der Waals surface area contributed by atoms with E-state index in [1.54, 1.807) is 11.1 Å². The highest BCUT2D eigenvalue weighted by molar-refractivity contribution is 5.40. The van der Waals surface area contributed by atoms with Crippen molar-refractivity contribution in [3.05, 3.63) is 35.4 Å². The molecule has 0 aromatic heterocycles. The minimum absolute atomic E-state index is 0.773. The van der Waals surface area contributed by atoms with E-state index in [0.717, 1.165) is 18.4 Å². The molecule has 1 unspecified atom stereocenters. The fourth-order valence-electron chi connectivity index (χ4n) is 2.46. The normalized spacial score (nSPS) is 18.3. The molecule has 0 amide bonds. The Balaban J connectivity index is 1.63. The molecule has 1 aromatic carbocycles. The van der Waals surface area contributed by atoms with E-state index in [4.69, 9.17) is 0 Å². The molecule has 88 valence electrons. The average molecular weight is 217 g/mol. The third-order valence-corrected chi connectivity index (χ3v) is 3.49. The van der Waals surface area contributed by atoms with Crippen molar-refractivity contribution < 1.29 is 0 Å². The van der Waals surface area contributed by atoms with Crippen LogP contribution in [0.15, 0.2) is 24.3 Å². The minimum atomic E-state index is 0.773. The highest BCUT2D eigenvalue weighted by Gasteiger charge is 2.24. The number of fused-ring (bicyclic) bond motifs is 1. The van der Waals surface area contributed by atoms with Crippen molar-refractivity contribution in [3.63, 3.8) is 0 Å². The molecule has 1 heteroatoms. The van der Waals surface area contributed by atoms with E-state index >= 15 is 0 Å². The van der Waals surface area contributed by atoms with Crippen molar-refractivity contribution in [1.29, 1.82) is 0 Å². The zero-order valence-electron chi connectivity index (χ0n) is 10.5. The van der Waals surface area contributed by atoms with E-state index in [-0.39, 0.29) is 0 Å². The molecule has 1 aliphatic carbocycles. The molecular formula is C15H23N. The third kappa shape index (κ3) is 2.85. The van der Waals surface area contributed by atoms with Crippen LogP contribution in [0.4, 0.5) is 0 Å². The van der Waals surface area contributed by atoms with E-state index in [1.807, 2.05) is 0 Å². The van der Waals surface area contributed by atoms with E-state index in [9.17, 15) is 0 Å². The van der Waals surface area contributed by atoms with Gasteiger partial charge in [-0.05, 0) is 42.9 Å². The molecule has 1 aliphatic rings. The maximum atomic E-state index is 3.58. The van der Waals surface area contributed by atoms with E-state index in [2.05, 4.69) is 43.4 Å². The van der Waals surface area contributed by atoms with Gasteiger partial charge in [-0.1, -0.05) is 38.1 Å². The molecule has 1 N–H and O–H groups in total. The largest absolute Gasteiger partial charge is 0.316 e. The summed E-state index contributed by atoms with van der Waals surface area (Å²) in [6.07, 6.45) is 3.92. The first-order chi connectivity index (χ1) is 7.77. The molecule has 0 spiro atoms. The van der Waals surface area contributed by atoms with Crippen LogP contribution in [-0.4, -0.2) is 13.1 Å². The van der Waals surface area contributed by atoms with E-state index in [0.29, 0.717) is 0 Å². The number of rotatable bonds is 6. The van der Waals surface area contributed by atoms with Gasteiger partial charge in [0.15, 0.2) is 0 Å². The van der Waals surface area contributed by atoms with Crippen molar-refractivity contribution in [1.82, 2.24) is 5.32 Å². The molecule has 0 saturated carbocycles. The Morgan fingerprint density at radius 1 is 1.31 bits per heavy atom. The lowest BCUT2D eigenvalue weighted by atomic mass is 9.77. The minimum Gasteiger partial charge on any atom is -0.316 e. The molecule has 1 aromatic rings. The summed E-state index contributed by atoms with van der Waals surface area (Å²) in [6.45, 7) is 6.93. The number of benzene rings is 1. The van der Waals surface area contributed by atoms with Gasteiger partial charge < -0.3 is 5.32 Å². The van der Waals surface area contributed by atoms with Crippen LogP contribution < -0.4 is 5.32 Å². The van der Waals surface area contributed by atoms with E-state index in [1.165, 1.54) is 25.8 Å². The quantitative estimate of drug-likeness (QED) is 0.721. The van der Waals surface area contributed by atoms with Gasteiger partial charge in [0.05, 0.1) is 0 Å². The zero-order valence-corrected chi connectivity index (χ0v) is 10.5. The van der Waals surface area contributed by atoms with Crippen LogP contribution in [-0.2, 0) is 6.42 Å². The van der Waals surface area contributed by atoms with Crippen LogP contribution in [0.2, 0.25) is 0 Å². The van der Waals surface area contributed by atoms with Crippen molar-refractivity contribution in [2.75, 3.05) is 13.1 Å². The Bertz CT molecular complexity index is 330. The first kappa shape index (κ1) is 11.7. The maximum Gasteiger partial charge on any atom is 0.00234 e. The first-order valence-electron chi connectivity index (χ1n) is 6.56.